The van der Waals surface area contributed by atoms with Crippen molar-refractivity contribution in [2.75, 3.05) is 0 Å². The second-order valence-electron chi connectivity index (χ2n) is 10.1. The number of rotatable bonds is 2. The zero-order chi connectivity index (χ0) is 24.3. The van der Waals surface area contributed by atoms with E-state index in [0.29, 0.717) is 0 Å². The highest BCUT2D eigenvalue weighted by atomic mass is 14.3. The molecule has 0 saturated carbocycles. The Morgan fingerprint density at radius 2 is 0.892 bits per heavy atom. The molecule has 0 unspecified atom stereocenters. The molecule has 0 radical (unpaired) electrons. The van der Waals surface area contributed by atoms with E-state index in [4.69, 9.17) is 0 Å². The first-order chi connectivity index (χ1) is 18.4. The van der Waals surface area contributed by atoms with Crippen LogP contribution in [0.5, 0.6) is 0 Å². The zero-order valence-electron chi connectivity index (χ0n) is 20.4. The fourth-order valence-corrected chi connectivity index (χ4v) is 6.46. The van der Waals surface area contributed by atoms with Crippen molar-refractivity contribution in [3.63, 3.8) is 0 Å². The first kappa shape index (κ1) is 20.5. The van der Waals surface area contributed by atoms with E-state index in [0.717, 1.165) is 6.42 Å². The van der Waals surface area contributed by atoms with Gasteiger partial charge in [0.25, 0.3) is 0 Å². The van der Waals surface area contributed by atoms with Gasteiger partial charge in [0.2, 0.25) is 0 Å². The van der Waals surface area contributed by atoms with E-state index in [9.17, 15) is 0 Å². The lowest BCUT2D eigenvalue weighted by atomic mass is 9.85. The van der Waals surface area contributed by atoms with Crippen LogP contribution >= 0.6 is 0 Å². The van der Waals surface area contributed by atoms with Gasteiger partial charge in [-0.3, -0.25) is 0 Å². The van der Waals surface area contributed by atoms with Gasteiger partial charge in [0.05, 0.1) is 0 Å². The molecule has 1 aliphatic carbocycles. The van der Waals surface area contributed by atoms with Crippen LogP contribution in [0.2, 0.25) is 0 Å². The van der Waals surface area contributed by atoms with Crippen LogP contribution in [0, 0.1) is 0 Å². The van der Waals surface area contributed by atoms with Gasteiger partial charge in [-0.15, -0.1) is 0 Å². The van der Waals surface area contributed by atoms with Crippen molar-refractivity contribution in [1.82, 2.24) is 0 Å². The van der Waals surface area contributed by atoms with E-state index < -0.39 is 0 Å². The minimum atomic E-state index is 1.00. The number of hydrogen-bond acceptors (Lipinski definition) is 0. The summed E-state index contributed by atoms with van der Waals surface area (Å²) in [5.41, 5.74) is 10.8. The predicted molar refractivity (Wildman–Crippen MR) is 158 cm³/mol. The average Bonchev–Trinajstić information content (AvgIpc) is 3.35. The highest BCUT2D eigenvalue weighted by Gasteiger charge is 2.23. The van der Waals surface area contributed by atoms with Crippen LogP contribution in [0.25, 0.3) is 65.7 Å². The van der Waals surface area contributed by atoms with Crippen molar-refractivity contribution in [2.45, 2.75) is 6.42 Å². The smallest absolute Gasteiger partial charge is 0.00132 e. The quantitative estimate of drug-likeness (QED) is 0.221. The van der Waals surface area contributed by atoms with Gasteiger partial charge in [-0.05, 0) is 89.3 Å². The van der Waals surface area contributed by atoms with Crippen LogP contribution in [0.15, 0.2) is 133 Å². The summed E-state index contributed by atoms with van der Waals surface area (Å²) in [6, 6.07) is 49.1. The third-order valence-electron chi connectivity index (χ3n) is 8.06. The summed E-state index contributed by atoms with van der Waals surface area (Å²) in [7, 11) is 0. The molecule has 0 fully saturated rings. The van der Waals surface area contributed by atoms with Crippen molar-refractivity contribution in [3.05, 3.63) is 145 Å². The first-order valence-corrected chi connectivity index (χ1v) is 13.0. The Bertz CT molecular complexity index is 1940. The minimum absolute atomic E-state index is 1.00. The lowest BCUT2D eigenvalue weighted by Crippen LogP contribution is -1.91. The first-order valence-electron chi connectivity index (χ1n) is 13.0. The van der Waals surface area contributed by atoms with Gasteiger partial charge in [0.15, 0.2) is 0 Å². The topological polar surface area (TPSA) is 0 Å². The Hall–Kier alpha value is -4.68. The van der Waals surface area contributed by atoms with Gasteiger partial charge < -0.3 is 0 Å². The van der Waals surface area contributed by atoms with Gasteiger partial charge in [-0.1, -0.05) is 127 Å². The van der Waals surface area contributed by atoms with Gasteiger partial charge in [0, 0.05) is 0 Å². The summed E-state index contributed by atoms with van der Waals surface area (Å²) in [6.45, 7) is 0. The molecule has 0 bridgehead atoms. The second kappa shape index (κ2) is 7.91. The summed E-state index contributed by atoms with van der Waals surface area (Å²) in [6.07, 6.45) is 1.00. The van der Waals surface area contributed by atoms with Crippen LogP contribution in [0.3, 0.4) is 0 Å². The molecule has 0 aromatic heterocycles. The molecule has 0 atom stereocenters. The van der Waals surface area contributed by atoms with Crippen molar-refractivity contribution in [3.8, 4) is 33.4 Å². The zero-order valence-corrected chi connectivity index (χ0v) is 20.4. The molecule has 37 heavy (non-hydrogen) atoms. The standard InChI is InChI=1S/C37H24/c1-2-11-25(12-3-1)35-30-14-6-8-16-32(30)37(33-17-9-7-15-31(33)35)28-21-19-26-22-27-20-18-24-10-4-5-13-29(24)36(27)34(26)23-28/h1-21,23H,22H2. The normalized spacial score (nSPS) is 12.2. The Kier molecular flexibility index (Phi) is 4.39. The van der Waals surface area contributed by atoms with Crippen molar-refractivity contribution in [2.24, 2.45) is 0 Å². The van der Waals surface area contributed by atoms with E-state index >= 15 is 0 Å². The van der Waals surface area contributed by atoms with Crippen LogP contribution in [0.1, 0.15) is 11.1 Å². The highest BCUT2D eigenvalue weighted by Crippen LogP contribution is 2.47. The molecule has 7 aromatic carbocycles. The minimum Gasteiger partial charge on any atom is -0.0622 e. The number of hydrogen-bond donors (Lipinski definition) is 0. The van der Waals surface area contributed by atoms with Crippen LogP contribution in [-0.2, 0) is 6.42 Å². The average molecular weight is 469 g/mol. The molecule has 0 heterocycles. The number of fused-ring (bicyclic) bond motifs is 7. The Morgan fingerprint density at radius 3 is 1.57 bits per heavy atom. The fraction of sp³-hybridized carbons (Fsp3) is 0.0270. The van der Waals surface area contributed by atoms with E-state index in [2.05, 4.69) is 133 Å². The summed E-state index contributed by atoms with van der Waals surface area (Å²) >= 11 is 0. The maximum absolute atomic E-state index is 2.45. The van der Waals surface area contributed by atoms with E-state index in [1.54, 1.807) is 0 Å². The Labute approximate surface area is 216 Å². The largest absolute Gasteiger partial charge is 0.0622 e. The third kappa shape index (κ3) is 3.03. The van der Waals surface area contributed by atoms with Gasteiger partial charge >= 0.3 is 0 Å². The molecule has 0 N–H and O–H groups in total. The van der Waals surface area contributed by atoms with Gasteiger partial charge in [-0.2, -0.15) is 0 Å². The van der Waals surface area contributed by atoms with E-state index in [1.807, 2.05) is 0 Å². The second-order valence-corrected chi connectivity index (χ2v) is 10.1. The summed E-state index contributed by atoms with van der Waals surface area (Å²) in [5.74, 6) is 0. The van der Waals surface area contributed by atoms with Crippen LogP contribution in [-0.4, -0.2) is 0 Å². The Morgan fingerprint density at radius 1 is 0.351 bits per heavy atom. The molecule has 0 heteroatoms. The lowest BCUT2D eigenvalue weighted by molar-refractivity contribution is 1.27. The molecule has 172 valence electrons. The van der Waals surface area contributed by atoms with E-state index in [-0.39, 0.29) is 0 Å². The molecular formula is C37H24. The maximum atomic E-state index is 2.45. The maximum Gasteiger partial charge on any atom is -0.00132 e. The molecule has 0 amide bonds. The summed E-state index contributed by atoms with van der Waals surface area (Å²) in [4.78, 5) is 0. The molecule has 0 nitrogen and oxygen atoms in total. The van der Waals surface area contributed by atoms with Crippen molar-refractivity contribution >= 4 is 32.3 Å². The molecule has 1 aliphatic rings. The van der Waals surface area contributed by atoms with Crippen LogP contribution < -0.4 is 0 Å². The summed E-state index contributed by atoms with van der Waals surface area (Å²) < 4.78 is 0. The van der Waals surface area contributed by atoms with Crippen LogP contribution in [0.4, 0.5) is 0 Å². The molecule has 0 spiro atoms. The van der Waals surface area contributed by atoms with Crippen molar-refractivity contribution in [1.29, 1.82) is 0 Å². The Balaban J connectivity index is 1.46. The predicted octanol–water partition coefficient (Wildman–Crippen LogP) is 10.1. The highest BCUT2D eigenvalue weighted by molar-refractivity contribution is 6.21. The van der Waals surface area contributed by atoms with Gasteiger partial charge in [-0.25, -0.2) is 0 Å². The summed E-state index contributed by atoms with van der Waals surface area (Å²) in [5, 5.41) is 7.86. The van der Waals surface area contributed by atoms with E-state index in [1.165, 1.54) is 76.8 Å². The number of benzene rings is 7. The molecule has 7 aromatic rings. The monoisotopic (exact) mass is 468 g/mol. The molecular weight excluding hydrogens is 444 g/mol. The van der Waals surface area contributed by atoms with Gasteiger partial charge in [0.1, 0.15) is 0 Å². The third-order valence-corrected chi connectivity index (χ3v) is 8.06. The molecule has 0 aliphatic heterocycles. The SMILES string of the molecule is c1ccc(-c2c3ccccc3c(-c3ccc4c(c3)-c3c(ccc5ccccc35)C4)c3ccccc23)cc1. The fourth-order valence-electron chi connectivity index (χ4n) is 6.46. The molecule has 0 saturated heterocycles. The molecule has 8 rings (SSSR count). The lowest BCUT2D eigenvalue weighted by Gasteiger charge is -2.18. The van der Waals surface area contributed by atoms with Crippen molar-refractivity contribution < 1.29 is 0 Å².